The molecule has 5 aromatic rings. The molecule has 9 nitrogen and oxygen atoms in total. The van der Waals surface area contributed by atoms with Gasteiger partial charge in [-0.25, -0.2) is 19.2 Å². The summed E-state index contributed by atoms with van der Waals surface area (Å²) in [5.74, 6) is -0.0237. The maximum atomic E-state index is 14.9. The second kappa shape index (κ2) is 13.7. The lowest BCUT2D eigenvalue weighted by Crippen LogP contribution is -2.50. The number of carbonyl (C=O) groups is 2. The standard InChI is InChI=1S/C37H32ClFN6O3/c38-28-12-15-30-33(22-28)45(32-9-5-4-8-31(32)39)17-16-27-23-40-36(42-34(27)30)41-29-13-10-26(11-14-29)35(46)43-18-20-44(21-19-43)37(47)48-24-25-6-2-1-3-7-25/h1-15,22-23H,16-21,24H2,(H,40,41,42). The van der Waals surface area contributed by atoms with E-state index in [1.807, 2.05) is 65.6 Å². The van der Waals surface area contributed by atoms with Crippen LogP contribution >= 0.6 is 11.6 Å². The third kappa shape index (κ3) is 6.65. The number of benzene rings is 4. The lowest BCUT2D eigenvalue weighted by Gasteiger charge is -2.34. The van der Waals surface area contributed by atoms with Crippen molar-refractivity contribution in [1.29, 1.82) is 0 Å². The minimum absolute atomic E-state index is 0.102. The molecule has 1 fully saturated rings. The molecule has 2 aliphatic heterocycles. The predicted octanol–water partition coefficient (Wildman–Crippen LogP) is 7.47. The highest BCUT2D eigenvalue weighted by atomic mass is 35.5. The molecule has 0 radical (unpaired) electrons. The van der Waals surface area contributed by atoms with Gasteiger partial charge in [0.05, 0.1) is 17.1 Å². The van der Waals surface area contributed by atoms with Crippen molar-refractivity contribution < 1.29 is 18.7 Å². The highest BCUT2D eigenvalue weighted by Crippen LogP contribution is 2.41. The van der Waals surface area contributed by atoms with Gasteiger partial charge in [0.25, 0.3) is 5.91 Å². The van der Waals surface area contributed by atoms with Crippen LogP contribution in [0.1, 0.15) is 21.5 Å². The van der Waals surface area contributed by atoms with E-state index in [1.54, 1.807) is 46.3 Å². The molecular formula is C37H32ClFN6O3. The number of nitrogens with one attached hydrogen (secondary N) is 1. The molecule has 3 heterocycles. The number of piperazine rings is 1. The Morgan fingerprint density at radius 2 is 1.56 bits per heavy atom. The molecule has 0 unspecified atom stereocenters. The molecule has 0 bridgehead atoms. The van der Waals surface area contributed by atoms with Crippen LogP contribution in [0.2, 0.25) is 5.02 Å². The molecule has 1 aromatic heterocycles. The largest absolute Gasteiger partial charge is 0.445 e. The summed E-state index contributed by atoms with van der Waals surface area (Å²) >= 11 is 6.41. The SMILES string of the molecule is O=C(OCc1ccccc1)N1CCN(C(=O)c2ccc(Nc3ncc4c(n3)-c3ccc(Cl)cc3N(c3ccccc3F)CC4)cc2)CC1. The minimum Gasteiger partial charge on any atom is -0.445 e. The Hall–Kier alpha value is -5.48. The van der Waals surface area contributed by atoms with Crippen molar-refractivity contribution in [1.82, 2.24) is 19.8 Å². The van der Waals surface area contributed by atoms with Gasteiger partial charge in [0.2, 0.25) is 5.95 Å². The van der Waals surface area contributed by atoms with Crippen LogP contribution in [0, 0.1) is 5.82 Å². The molecule has 2 aliphatic rings. The van der Waals surface area contributed by atoms with Crippen molar-refractivity contribution in [2.45, 2.75) is 13.0 Å². The average molecular weight is 663 g/mol. The van der Waals surface area contributed by atoms with Crippen molar-refractivity contribution in [2.24, 2.45) is 0 Å². The number of aromatic nitrogens is 2. The van der Waals surface area contributed by atoms with Crippen molar-refractivity contribution in [3.8, 4) is 11.3 Å². The van der Waals surface area contributed by atoms with Crippen molar-refractivity contribution in [2.75, 3.05) is 42.9 Å². The zero-order valence-electron chi connectivity index (χ0n) is 26.0. The summed E-state index contributed by atoms with van der Waals surface area (Å²) in [4.78, 5) is 40.5. The minimum atomic E-state index is -0.379. The van der Waals surface area contributed by atoms with Crippen LogP contribution in [0.4, 0.5) is 32.2 Å². The highest BCUT2D eigenvalue weighted by molar-refractivity contribution is 6.31. The number of hydrogen-bond donors (Lipinski definition) is 1. The fourth-order valence-electron chi connectivity index (χ4n) is 6.00. The van der Waals surface area contributed by atoms with Gasteiger partial charge in [0, 0.05) is 60.8 Å². The molecule has 4 aromatic carbocycles. The monoisotopic (exact) mass is 662 g/mol. The first-order valence-electron chi connectivity index (χ1n) is 15.7. The first-order chi connectivity index (χ1) is 23.4. The molecule has 1 saturated heterocycles. The van der Waals surface area contributed by atoms with Gasteiger partial charge in [0.15, 0.2) is 0 Å². The van der Waals surface area contributed by atoms with Gasteiger partial charge in [-0.05, 0) is 72.1 Å². The number of anilines is 4. The van der Waals surface area contributed by atoms with E-state index in [-0.39, 0.29) is 24.4 Å². The van der Waals surface area contributed by atoms with Gasteiger partial charge in [-0.1, -0.05) is 54.1 Å². The van der Waals surface area contributed by atoms with Gasteiger partial charge in [-0.3, -0.25) is 4.79 Å². The summed E-state index contributed by atoms with van der Waals surface area (Å²) in [6, 6.07) is 28.9. The summed E-state index contributed by atoms with van der Waals surface area (Å²) in [5, 5.41) is 3.80. The maximum absolute atomic E-state index is 14.9. The first-order valence-corrected chi connectivity index (χ1v) is 16.1. The predicted molar refractivity (Wildman–Crippen MR) is 183 cm³/mol. The van der Waals surface area contributed by atoms with Crippen molar-refractivity contribution in [3.63, 3.8) is 0 Å². The van der Waals surface area contributed by atoms with Crippen LogP contribution in [0.25, 0.3) is 11.3 Å². The van der Waals surface area contributed by atoms with Crippen LogP contribution in [0.5, 0.6) is 0 Å². The maximum Gasteiger partial charge on any atom is 0.410 e. The number of carbonyl (C=O) groups excluding carboxylic acids is 2. The van der Waals surface area contributed by atoms with Gasteiger partial charge in [-0.2, -0.15) is 0 Å². The second-order valence-corrected chi connectivity index (χ2v) is 12.0. The Labute approximate surface area is 282 Å². The van der Waals surface area contributed by atoms with E-state index in [0.717, 1.165) is 33.8 Å². The Kier molecular flexibility index (Phi) is 8.89. The molecule has 0 atom stereocenters. The van der Waals surface area contributed by atoms with E-state index >= 15 is 0 Å². The second-order valence-electron chi connectivity index (χ2n) is 11.6. The van der Waals surface area contributed by atoms with E-state index in [2.05, 4.69) is 10.3 Å². The summed E-state index contributed by atoms with van der Waals surface area (Å²) < 4.78 is 20.3. The molecule has 0 saturated carbocycles. The fourth-order valence-corrected chi connectivity index (χ4v) is 6.16. The van der Waals surface area contributed by atoms with Gasteiger partial charge in [0.1, 0.15) is 12.4 Å². The summed E-state index contributed by atoms with van der Waals surface area (Å²) in [7, 11) is 0. The van der Waals surface area contributed by atoms with E-state index in [1.165, 1.54) is 6.07 Å². The van der Waals surface area contributed by atoms with Crippen LogP contribution in [0.15, 0.2) is 103 Å². The Morgan fingerprint density at radius 1 is 0.833 bits per heavy atom. The Balaban J connectivity index is 1.01. The van der Waals surface area contributed by atoms with Gasteiger partial charge < -0.3 is 24.8 Å². The Morgan fingerprint density at radius 3 is 2.33 bits per heavy atom. The van der Waals surface area contributed by atoms with E-state index in [4.69, 9.17) is 21.3 Å². The smallest absolute Gasteiger partial charge is 0.410 e. The summed E-state index contributed by atoms with van der Waals surface area (Å²) in [6.45, 7) is 2.39. The number of amides is 2. The number of rotatable bonds is 6. The molecule has 7 rings (SSSR count). The van der Waals surface area contributed by atoms with E-state index < -0.39 is 0 Å². The highest BCUT2D eigenvalue weighted by Gasteiger charge is 2.27. The number of ether oxygens (including phenoxy) is 1. The molecule has 242 valence electrons. The van der Waals surface area contributed by atoms with Crippen LogP contribution in [-0.4, -0.2) is 64.5 Å². The number of nitrogens with zero attached hydrogens (tertiary/aromatic N) is 5. The molecule has 0 aliphatic carbocycles. The number of fused-ring (bicyclic) bond motifs is 3. The zero-order chi connectivity index (χ0) is 33.0. The van der Waals surface area contributed by atoms with E-state index in [9.17, 15) is 14.0 Å². The molecular weight excluding hydrogens is 631 g/mol. The molecule has 0 spiro atoms. The fraction of sp³-hybridized carbons (Fsp3) is 0.189. The topological polar surface area (TPSA) is 90.9 Å². The third-order valence-electron chi connectivity index (χ3n) is 8.54. The van der Waals surface area contributed by atoms with Gasteiger partial charge in [-0.15, -0.1) is 0 Å². The van der Waals surface area contributed by atoms with Crippen LogP contribution < -0.4 is 10.2 Å². The molecule has 48 heavy (non-hydrogen) atoms. The lowest BCUT2D eigenvalue weighted by atomic mass is 10.0. The van der Waals surface area contributed by atoms with Crippen molar-refractivity contribution >= 4 is 46.6 Å². The number of para-hydroxylation sites is 1. The summed E-state index contributed by atoms with van der Waals surface area (Å²) in [5.41, 5.74) is 5.93. The summed E-state index contributed by atoms with van der Waals surface area (Å²) in [6.07, 6.45) is 2.02. The van der Waals surface area contributed by atoms with Crippen molar-refractivity contribution in [3.05, 3.63) is 131 Å². The first kappa shape index (κ1) is 31.1. The quantitative estimate of drug-likeness (QED) is 0.202. The number of halogens is 2. The number of hydrogen-bond acceptors (Lipinski definition) is 7. The Bertz CT molecular complexity index is 1950. The van der Waals surface area contributed by atoms with E-state index in [0.29, 0.717) is 61.4 Å². The third-order valence-corrected chi connectivity index (χ3v) is 8.77. The lowest BCUT2D eigenvalue weighted by molar-refractivity contribution is 0.0544. The van der Waals surface area contributed by atoms with Gasteiger partial charge >= 0.3 is 6.09 Å². The zero-order valence-corrected chi connectivity index (χ0v) is 26.7. The average Bonchev–Trinajstić information content (AvgIpc) is 3.27. The molecule has 2 amide bonds. The van der Waals surface area contributed by atoms with Crippen LogP contribution in [-0.2, 0) is 17.8 Å². The van der Waals surface area contributed by atoms with Crippen LogP contribution in [0.3, 0.4) is 0 Å². The normalized spacial score (nSPS) is 14.1. The molecule has 11 heteroatoms. The molecule has 1 N–H and O–H groups in total.